The lowest BCUT2D eigenvalue weighted by atomic mass is 10.1. The van der Waals surface area contributed by atoms with Gasteiger partial charge in [-0.2, -0.15) is 0 Å². The number of H-pyrrole nitrogens is 1. The van der Waals surface area contributed by atoms with Gasteiger partial charge in [0.2, 0.25) is 0 Å². The highest BCUT2D eigenvalue weighted by atomic mass is 16.7. The van der Waals surface area contributed by atoms with Crippen molar-refractivity contribution in [3.63, 3.8) is 0 Å². The van der Waals surface area contributed by atoms with Crippen LogP contribution in [0.2, 0.25) is 0 Å². The van der Waals surface area contributed by atoms with E-state index in [1.54, 1.807) is 12.1 Å². The molecule has 5 rings (SSSR count). The van der Waals surface area contributed by atoms with E-state index in [0.29, 0.717) is 11.3 Å². The van der Waals surface area contributed by atoms with Gasteiger partial charge in [0.05, 0.1) is 0 Å². The lowest BCUT2D eigenvalue weighted by Crippen LogP contribution is -2.46. The molecule has 0 aliphatic carbocycles. The predicted octanol–water partition coefficient (Wildman–Crippen LogP) is 4.78. The number of aromatic amines is 1. The smallest absolute Gasteiger partial charge is 0.449 e. The molecule has 1 aliphatic rings. The number of benzene rings is 2. The minimum absolute atomic E-state index is 0.320. The summed E-state index contributed by atoms with van der Waals surface area (Å²) in [7, 11) is 0. The summed E-state index contributed by atoms with van der Waals surface area (Å²) in [6, 6.07) is 12.7. The molecule has 0 atom stereocenters. The average Bonchev–Trinajstić information content (AvgIpc) is 3.23. The SMILES string of the molecule is Cc1cc2oc(=O)ccc2cc1N1CCN(CCCCc2c[nH]c3ccc(OC(=O)O)cc23)CC1. The molecule has 0 saturated carbocycles. The molecule has 4 aromatic rings. The third kappa shape index (κ3) is 5.17. The Morgan fingerprint density at radius 1 is 1.09 bits per heavy atom. The minimum atomic E-state index is -1.30. The highest BCUT2D eigenvalue weighted by Gasteiger charge is 2.19. The third-order valence-electron chi connectivity index (χ3n) is 6.77. The standard InChI is InChI=1S/C27H29N3O5/c1-18-14-25-19(5-8-26(31)35-25)15-24(18)30-12-10-29(11-13-30)9-3-2-4-20-17-28-23-7-6-21(16-22(20)23)34-27(32)33/h5-8,14-17,28H,2-4,9-13H2,1H3,(H,32,33). The van der Waals surface area contributed by atoms with E-state index in [1.165, 1.54) is 17.3 Å². The van der Waals surface area contributed by atoms with Crippen molar-refractivity contribution in [3.05, 3.63) is 70.2 Å². The molecule has 0 radical (unpaired) electrons. The molecule has 8 nitrogen and oxygen atoms in total. The van der Waals surface area contributed by atoms with Crippen LogP contribution < -0.4 is 15.3 Å². The highest BCUT2D eigenvalue weighted by Crippen LogP contribution is 2.28. The van der Waals surface area contributed by atoms with Crippen molar-refractivity contribution in [2.45, 2.75) is 26.2 Å². The molecule has 182 valence electrons. The van der Waals surface area contributed by atoms with Gasteiger partial charge in [0.1, 0.15) is 11.3 Å². The number of hydrogen-bond donors (Lipinski definition) is 2. The number of rotatable bonds is 7. The Hall–Kier alpha value is -3.78. The van der Waals surface area contributed by atoms with Crippen LogP contribution in [0.3, 0.4) is 0 Å². The molecule has 2 N–H and O–H groups in total. The summed E-state index contributed by atoms with van der Waals surface area (Å²) in [6.45, 7) is 7.10. The number of carbonyl (C=O) groups is 1. The van der Waals surface area contributed by atoms with Gasteiger partial charge in [0, 0.05) is 60.4 Å². The third-order valence-corrected chi connectivity index (χ3v) is 6.77. The number of carboxylic acid groups (broad SMARTS) is 1. The van der Waals surface area contributed by atoms with Crippen molar-refractivity contribution in [1.29, 1.82) is 0 Å². The van der Waals surface area contributed by atoms with E-state index in [1.807, 2.05) is 24.4 Å². The largest absolute Gasteiger partial charge is 0.511 e. The van der Waals surface area contributed by atoms with Gasteiger partial charge in [-0.15, -0.1) is 0 Å². The van der Waals surface area contributed by atoms with Gasteiger partial charge < -0.3 is 24.1 Å². The molecule has 2 aromatic carbocycles. The van der Waals surface area contributed by atoms with E-state index in [4.69, 9.17) is 14.3 Å². The molecule has 1 saturated heterocycles. The first-order valence-corrected chi connectivity index (χ1v) is 12.0. The fraction of sp³-hybridized carbons (Fsp3) is 0.333. The summed E-state index contributed by atoms with van der Waals surface area (Å²) < 4.78 is 10.1. The molecule has 3 heterocycles. The molecule has 0 unspecified atom stereocenters. The first-order chi connectivity index (χ1) is 17.0. The Kier molecular flexibility index (Phi) is 6.46. The summed E-state index contributed by atoms with van der Waals surface area (Å²) in [5.74, 6) is 0.343. The van der Waals surface area contributed by atoms with Gasteiger partial charge in [0.15, 0.2) is 0 Å². The summed E-state index contributed by atoms with van der Waals surface area (Å²) in [4.78, 5) is 30.5. The number of aryl methyl sites for hydroxylation is 2. The zero-order valence-corrected chi connectivity index (χ0v) is 19.8. The van der Waals surface area contributed by atoms with Crippen LogP contribution >= 0.6 is 0 Å². The molecule has 1 aliphatic heterocycles. The van der Waals surface area contributed by atoms with Gasteiger partial charge in [-0.3, -0.25) is 4.90 Å². The van der Waals surface area contributed by atoms with Crippen LogP contribution in [-0.2, 0) is 6.42 Å². The van der Waals surface area contributed by atoms with E-state index < -0.39 is 6.16 Å². The van der Waals surface area contributed by atoms with Gasteiger partial charge in [-0.05, 0) is 80.3 Å². The van der Waals surface area contributed by atoms with Crippen LogP contribution in [0.4, 0.5) is 10.5 Å². The normalized spacial score (nSPS) is 14.6. The second-order valence-corrected chi connectivity index (χ2v) is 9.11. The van der Waals surface area contributed by atoms with Crippen LogP contribution in [0, 0.1) is 6.92 Å². The summed E-state index contributed by atoms with van der Waals surface area (Å²) in [5.41, 5.74) is 4.81. The zero-order chi connectivity index (χ0) is 24.4. The van der Waals surface area contributed by atoms with Crippen LogP contribution in [0.5, 0.6) is 5.75 Å². The molecule has 8 heteroatoms. The zero-order valence-electron chi connectivity index (χ0n) is 19.8. The highest BCUT2D eigenvalue weighted by molar-refractivity contribution is 5.85. The van der Waals surface area contributed by atoms with Crippen molar-refractivity contribution in [2.24, 2.45) is 0 Å². The number of aromatic nitrogens is 1. The molecule has 0 spiro atoms. The van der Waals surface area contributed by atoms with Crippen LogP contribution in [-0.4, -0.2) is 53.9 Å². The van der Waals surface area contributed by atoms with E-state index in [2.05, 4.69) is 27.8 Å². The van der Waals surface area contributed by atoms with Crippen molar-refractivity contribution in [3.8, 4) is 5.75 Å². The monoisotopic (exact) mass is 475 g/mol. The summed E-state index contributed by atoms with van der Waals surface area (Å²) >= 11 is 0. The Morgan fingerprint density at radius 3 is 2.71 bits per heavy atom. The number of fused-ring (bicyclic) bond motifs is 2. The number of unbranched alkanes of at least 4 members (excludes halogenated alkanes) is 1. The second-order valence-electron chi connectivity index (χ2n) is 9.11. The van der Waals surface area contributed by atoms with Gasteiger partial charge in [0.25, 0.3) is 0 Å². The molecule has 0 bridgehead atoms. The maximum absolute atomic E-state index is 11.5. The first-order valence-electron chi connectivity index (χ1n) is 12.0. The number of ether oxygens (including phenoxy) is 1. The van der Waals surface area contributed by atoms with Gasteiger partial charge >= 0.3 is 11.8 Å². The van der Waals surface area contributed by atoms with Crippen LogP contribution in [0.1, 0.15) is 24.0 Å². The summed E-state index contributed by atoms with van der Waals surface area (Å²) in [5, 5.41) is 10.8. The minimum Gasteiger partial charge on any atom is -0.449 e. The number of hydrogen-bond acceptors (Lipinski definition) is 6. The molecular weight excluding hydrogens is 446 g/mol. The first kappa shape index (κ1) is 23.0. The number of piperazine rings is 1. The van der Waals surface area contributed by atoms with E-state index in [9.17, 15) is 9.59 Å². The number of nitrogens with zero attached hydrogens (tertiary/aromatic N) is 2. The van der Waals surface area contributed by atoms with Crippen LogP contribution in [0.25, 0.3) is 21.9 Å². The molecule has 35 heavy (non-hydrogen) atoms. The second kappa shape index (κ2) is 9.84. The van der Waals surface area contributed by atoms with E-state index >= 15 is 0 Å². The lowest BCUT2D eigenvalue weighted by Gasteiger charge is -2.37. The van der Waals surface area contributed by atoms with E-state index in [-0.39, 0.29) is 5.63 Å². The Bertz CT molecular complexity index is 1420. The Morgan fingerprint density at radius 2 is 1.91 bits per heavy atom. The van der Waals surface area contributed by atoms with Gasteiger partial charge in [-0.25, -0.2) is 9.59 Å². The predicted molar refractivity (Wildman–Crippen MR) is 136 cm³/mol. The Balaban J connectivity index is 1.12. The molecule has 0 amide bonds. The number of anilines is 1. The fourth-order valence-corrected chi connectivity index (χ4v) is 4.94. The number of nitrogens with one attached hydrogen (secondary N) is 1. The van der Waals surface area contributed by atoms with Crippen molar-refractivity contribution in [2.75, 3.05) is 37.6 Å². The topological polar surface area (TPSA) is 99.0 Å². The van der Waals surface area contributed by atoms with E-state index in [0.717, 1.165) is 73.8 Å². The van der Waals surface area contributed by atoms with Crippen LogP contribution in [0.15, 0.2) is 57.9 Å². The quantitative estimate of drug-likeness (QED) is 0.172. The van der Waals surface area contributed by atoms with Crippen molar-refractivity contribution in [1.82, 2.24) is 9.88 Å². The summed E-state index contributed by atoms with van der Waals surface area (Å²) in [6.07, 6.45) is 3.80. The molecular formula is C27H29N3O5. The maximum Gasteiger partial charge on any atom is 0.511 e. The molecule has 1 fully saturated rings. The van der Waals surface area contributed by atoms with Crippen molar-refractivity contribution < 1.29 is 19.1 Å². The van der Waals surface area contributed by atoms with Crippen molar-refractivity contribution >= 4 is 33.7 Å². The Labute approximate surface area is 202 Å². The molecule has 2 aromatic heterocycles. The van der Waals surface area contributed by atoms with Gasteiger partial charge in [-0.1, -0.05) is 0 Å². The average molecular weight is 476 g/mol. The lowest BCUT2D eigenvalue weighted by molar-refractivity contribution is 0.144. The fourth-order valence-electron chi connectivity index (χ4n) is 4.94. The maximum atomic E-state index is 11.5.